The second kappa shape index (κ2) is 7.92. The number of aryl methyl sites for hydroxylation is 1. The van der Waals surface area contributed by atoms with Crippen LogP contribution >= 0.6 is 0 Å². The first kappa shape index (κ1) is 18.3. The molecule has 0 saturated heterocycles. The third-order valence-electron chi connectivity index (χ3n) is 5.12. The molecule has 1 aliphatic carbocycles. The summed E-state index contributed by atoms with van der Waals surface area (Å²) in [6.07, 6.45) is 1.11. The van der Waals surface area contributed by atoms with Crippen molar-refractivity contribution in [3.8, 4) is 11.5 Å². The average molecular weight is 381 g/mol. The van der Waals surface area contributed by atoms with Gasteiger partial charge in [0.05, 0.1) is 6.04 Å². The SMILES string of the molecule is C[C@@H](OC(=O)[C@@H]1COc2ccccc2O1)C(=O)N[C@@H]1CCCc2ccccc21. The fraction of sp³-hybridized carbons (Fsp3) is 0.364. The second-order valence-electron chi connectivity index (χ2n) is 7.10. The van der Waals surface area contributed by atoms with Gasteiger partial charge in [-0.2, -0.15) is 0 Å². The molecule has 0 aromatic heterocycles. The third kappa shape index (κ3) is 3.81. The molecule has 6 heteroatoms. The topological polar surface area (TPSA) is 73.9 Å². The molecule has 1 heterocycles. The van der Waals surface area contributed by atoms with Gasteiger partial charge in [-0.25, -0.2) is 4.79 Å². The van der Waals surface area contributed by atoms with Crippen LogP contribution in [0.5, 0.6) is 11.5 Å². The summed E-state index contributed by atoms with van der Waals surface area (Å²) < 4.78 is 16.5. The minimum Gasteiger partial charge on any atom is -0.485 e. The van der Waals surface area contributed by atoms with Crippen LogP contribution in [0.25, 0.3) is 0 Å². The molecule has 1 aliphatic heterocycles. The minimum absolute atomic E-state index is 0.0557. The van der Waals surface area contributed by atoms with E-state index in [0.717, 1.165) is 24.8 Å². The predicted molar refractivity (Wildman–Crippen MR) is 102 cm³/mol. The van der Waals surface area contributed by atoms with Gasteiger partial charge in [0.2, 0.25) is 6.10 Å². The van der Waals surface area contributed by atoms with Crippen LogP contribution in [0.3, 0.4) is 0 Å². The van der Waals surface area contributed by atoms with Crippen LogP contribution in [-0.4, -0.2) is 30.7 Å². The molecule has 0 spiro atoms. The Labute approximate surface area is 163 Å². The van der Waals surface area contributed by atoms with E-state index in [9.17, 15) is 9.59 Å². The highest BCUT2D eigenvalue weighted by atomic mass is 16.6. The highest BCUT2D eigenvalue weighted by molar-refractivity contribution is 5.85. The lowest BCUT2D eigenvalue weighted by atomic mass is 9.87. The largest absolute Gasteiger partial charge is 0.485 e. The maximum absolute atomic E-state index is 12.6. The number of amides is 1. The Morgan fingerprint density at radius 2 is 1.86 bits per heavy atom. The molecule has 0 unspecified atom stereocenters. The fourth-order valence-electron chi connectivity index (χ4n) is 3.63. The molecule has 0 bridgehead atoms. The van der Waals surface area contributed by atoms with Crippen molar-refractivity contribution in [2.45, 2.75) is 44.4 Å². The van der Waals surface area contributed by atoms with Crippen molar-refractivity contribution in [1.82, 2.24) is 5.32 Å². The van der Waals surface area contributed by atoms with Crippen molar-refractivity contribution < 1.29 is 23.8 Å². The fourth-order valence-corrected chi connectivity index (χ4v) is 3.63. The summed E-state index contributed by atoms with van der Waals surface area (Å²) >= 11 is 0. The van der Waals surface area contributed by atoms with Crippen LogP contribution in [0.1, 0.15) is 36.9 Å². The summed E-state index contributed by atoms with van der Waals surface area (Å²) in [6.45, 7) is 1.62. The Hall–Kier alpha value is -3.02. The molecular formula is C22H23NO5. The lowest BCUT2D eigenvalue weighted by Crippen LogP contribution is -2.43. The summed E-state index contributed by atoms with van der Waals surface area (Å²) in [6, 6.07) is 15.2. The van der Waals surface area contributed by atoms with Gasteiger partial charge in [0.15, 0.2) is 17.6 Å². The van der Waals surface area contributed by atoms with Crippen molar-refractivity contribution in [3.05, 3.63) is 59.7 Å². The number of hydrogen-bond acceptors (Lipinski definition) is 5. The smallest absolute Gasteiger partial charge is 0.351 e. The number of nitrogens with one attached hydrogen (secondary N) is 1. The molecule has 2 aliphatic rings. The van der Waals surface area contributed by atoms with Gasteiger partial charge < -0.3 is 19.5 Å². The van der Waals surface area contributed by atoms with Crippen molar-refractivity contribution in [2.24, 2.45) is 0 Å². The molecule has 1 N–H and O–H groups in total. The van der Waals surface area contributed by atoms with Crippen molar-refractivity contribution in [3.63, 3.8) is 0 Å². The number of benzene rings is 2. The number of para-hydroxylation sites is 2. The van der Waals surface area contributed by atoms with Crippen molar-refractivity contribution in [1.29, 1.82) is 0 Å². The van der Waals surface area contributed by atoms with Crippen LogP contribution in [0.15, 0.2) is 48.5 Å². The number of ether oxygens (including phenoxy) is 3. The van der Waals surface area contributed by atoms with E-state index in [1.54, 1.807) is 25.1 Å². The molecule has 1 amide bonds. The van der Waals surface area contributed by atoms with E-state index < -0.39 is 18.2 Å². The number of esters is 1. The molecular weight excluding hydrogens is 358 g/mol. The predicted octanol–water partition coefficient (Wildman–Crippen LogP) is 2.95. The highest BCUT2D eigenvalue weighted by Crippen LogP contribution is 2.31. The number of hydrogen-bond donors (Lipinski definition) is 1. The quantitative estimate of drug-likeness (QED) is 0.825. The summed E-state index contributed by atoms with van der Waals surface area (Å²) in [5.41, 5.74) is 2.40. The van der Waals surface area contributed by atoms with E-state index in [1.165, 1.54) is 5.56 Å². The molecule has 146 valence electrons. The van der Waals surface area contributed by atoms with E-state index in [2.05, 4.69) is 11.4 Å². The standard InChI is InChI=1S/C22H23NO5/c1-14(21(24)23-17-10-6-8-15-7-2-3-9-16(15)17)27-22(25)20-13-26-18-11-4-5-12-19(18)28-20/h2-5,7,9,11-12,14,17,20H,6,8,10,13H2,1H3,(H,23,24)/t14-,17-,20+/m1/s1. The van der Waals surface area contributed by atoms with Gasteiger partial charge >= 0.3 is 5.97 Å². The lowest BCUT2D eigenvalue weighted by Gasteiger charge is -2.28. The molecule has 0 saturated carbocycles. The number of fused-ring (bicyclic) bond motifs is 2. The van der Waals surface area contributed by atoms with E-state index >= 15 is 0 Å². The zero-order chi connectivity index (χ0) is 19.5. The van der Waals surface area contributed by atoms with Crippen LogP contribution < -0.4 is 14.8 Å². The first-order chi connectivity index (χ1) is 13.6. The monoisotopic (exact) mass is 381 g/mol. The number of rotatable bonds is 4. The van der Waals surface area contributed by atoms with Crippen molar-refractivity contribution in [2.75, 3.05) is 6.61 Å². The van der Waals surface area contributed by atoms with Gasteiger partial charge in [0.25, 0.3) is 5.91 Å². The highest BCUT2D eigenvalue weighted by Gasteiger charge is 2.32. The van der Waals surface area contributed by atoms with Crippen LogP contribution in [0, 0.1) is 0 Å². The maximum atomic E-state index is 12.6. The van der Waals surface area contributed by atoms with Gasteiger partial charge in [0.1, 0.15) is 6.61 Å². The van der Waals surface area contributed by atoms with Gasteiger partial charge in [-0.05, 0) is 49.4 Å². The van der Waals surface area contributed by atoms with E-state index in [0.29, 0.717) is 11.5 Å². The first-order valence-electron chi connectivity index (χ1n) is 9.59. The molecule has 0 fully saturated rings. The number of carbonyl (C=O) groups is 2. The second-order valence-corrected chi connectivity index (χ2v) is 7.10. The zero-order valence-electron chi connectivity index (χ0n) is 15.7. The summed E-state index contributed by atoms with van der Waals surface area (Å²) in [7, 11) is 0. The third-order valence-corrected chi connectivity index (χ3v) is 5.12. The molecule has 4 rings (SSSR count). The van der Waals surface area contributed by atoms with Gasteiger partial charge in [-0.15, -0.1) is 0 Å². The van der Waals surface area contributed by atoms with Crippen LogP contribution in [-0.2, 0) is 20.7 Å². The van der Waals surface area contributed by atoms with E-state index in [-0.39, 0.29) is 18.6 Å². The van der Waals surface area contributed by atoms with E-state index in [4.69, 9.17) is 14.2 Å². The molecule has 2 aromatic rings. The Bertz CT molecular complexity index is 881. The van der Waals surface area contributed by atoms with Gasteiger partial charge in [-0.3, -0.25) is 4.79 Å². The minimum atomic E-state index is -0.914. The first-order valence-corrected chi connectivity index (χ1v) is 9.59. The zero-order valence-corrected chi connectivity index (χ0v) is 15.7. The Morgan fingerprint density at radius 1 is 1.11 bits per heavy atom. The van der Waals surface area contributed by atoms with Crippen LogP contribution in [0.2, 0.25) is 0 Å². The van der Waals surface area contributed by atoms with E-state index in [1.807, 2.05) is 24.3 Å². The Kier molecular flexibility index (Phi) is 5.19. The Balaban J connectivity index is 1.34. The molecule has 6 nitrogen and oxygen atoms in total. The van der Waals surface area contributed by atoms with Gasteiger partial charge in [-0.1, -0.05) is 36.4 Å². The molecule has 2 aromatic carbocycles. The summed E-state index contributed by atoms with van der Waals surface area (Å²) in [4.78, 5) is 25.0. The molecule has 0 radical (unpaired) electrons. The average Bonchev–Trinajstić information content (AvgIpc) is 2.73. The number of carbonyl (C=O) groups excluding carboxylic acids is 2. The molecule has 3 atom stereocenters. The Morgan fingerprint density at radius 3 is 2.71 bits per heavy atom. The van der Waals surface area contributed by atoms with Crippen molar-refractivity contribution >= 4 is 11.9 Å². The molecule has 28 heavy (non-hydrogen) atoms. The van der Waals surface area contributed by atoms with Gasteiger partial charge in [0, 0.05) is 0 Å². The lowest BCUT2D eigenvalue weighted by molar-refractivity contribution is -0.163. The van der Waals surface area contributed by atoms with Crippen LogP contribution in [0.4, 0.5) is 0 Å². The normalized spacial score (nSPS) is 21.2. The summed E-state index contributed by atoms with van der Waals surface area (Å²) in [5.74, 6) is 0.160. The maximum Gasteiger partial charge on any atom is 0.351 e. The summed E-state index contributed by atoms with van der Waals surface area (Å²) in [5, 5.41) is 3.01.